The summed E-state index contributed by atoms with van der Waals surface area (Å²) in [4.78, 5) is 4.89. The summed E-state index contributed by atoms with van der Waals surface area (Å²) in [7, 11) is -3.16. The predicted octanol–water partition coefficient (Wildman–Crippen LogP) is 1.45. The number of nitrogens with zero attached hydrogens (tertiary/aromatic N) is 1. The van der Waals surface area contributed by atoms with Gasteiger partial charge in [0.05, 0.1) is 17.5 Å². The SMILES string of the molecule is CCNC(=NCc1ccc(S(C)(=O)=O)cc1)NC1CCC(O)CC1. The van der Waals surface area contributed by atoms with Gasteiger partial charge in [-0.05, 0) is 50.3 Å². The van der Waals surface area contributed by atoms with Crippen LogP contribution in [0.3, 0.4) is 0 Å². The maximum Gasteiger partial charge on any atom is 0.191 e. The second kappa shape index (κ2) is 8.48. The molecule has 1 aromatic carbocycles. The van der Waals surface area contributed by atoms with Gasteiger partial charge in [0.1, 0.15) is 0 Å². The van der Waals surface area contributed by atoms with Crippen molar-refractivity contribution in [3.05, 3.63) is 29.8 Å². The molecule has 1 aliphatic rings. The smallest absolute Gasteiger partial charge is 0.191 e. The summed E-state index contributed by atoms with van der Waals surface area (Å²) in [5.41, 5.74) is 0.957. The van der Waals surface area contributed by atoms with Crippen molar-refractivity contribution in [2.75, 3.05) is 12.8 Å². The highest BCUT2D eigenvalue weighted by Gasteiger charge is 2.19. The Hall–Kier alpha value is -1.60. The molecular formula is C17H27N3O3S. The van der Waals surface area contributed by atoms with Gasteiger partial charge in [0.2, 0.25) is 0 Å². The van der Waals surface area contributed by atoms with Crippen LogP contribution in [-0.2, 0) is 16.4 Å². The number of sulfone groups is 1. The zero-order chi connectivity index (χ0) is 17.6. The average Bonchev–Trinajstić information content (AvgIpc) is 2.54. The Morgan fingerprint density at radius 1 is 1.21 bits per heavy atom. The van der Waals surface area contributed by atoms with Gasteiger partial charge in [-0.1, -0.05) is 12.1 Å². The molecule has 134 valence electrons. The summed E-state index contributed by atoms with van der Waals surface area (Å²) in [6.45, 7) is 3.27. The van der Waals surface area contributed by atoms with E-state index in [2.05, 4.69) is 15.6 Å². The van der Waals surface area contributed by atoms with Gasteiger partial charge in [0.15, 0.2) is 15.8 Å². The van der Waals surface area contributed by atoms with Crippen molar-refractivity contribution in [3.63, 3.8) is 0 Å². The van der Waals surface area contributed by atoms with Crippen LogP contribution in [0.2, 0.25) is 0 Å². The molecule has 0 unspecified atom stereocenters. The van der Waals surface area contributed by atoms with Gasteiger partial charge >= 0.3 is 0 Å². The van der Waals surface area contributed by atoms with Crippen molar-refractivity contribution >= 4 is 15.8 Å². The van der Waals surface area contributed by atoms with E-state index in [9.17, 15) is 13.5 Å². The van der Waals surface area contributed by atoms with Crippen LogP contribution in [-0.4, -0.2) is 44.4 Å². The number of hydrogen-bond donors (Lipinski definition) is 3. The van der Waals surface area contributed by atoms with Crippen LogP contribution in [0.5, 0.6) is 0 Å². The van der Waals surface area contributed by atoms with Crippen molar-refractivity contribution < 1.29 is 13.5 Å². The number of aliphatic imine (C=N–C) groups is 1. The van der Waals surface area contributed by atoms with Crippen LogP contribution < -0.4 is 10.6 Å². The van der Waals surface area contributed by atoms with Gasteiger partial charge < -0.3 is 15.7 Å². The van der Waals surface area contributed by atoms with E-state index in [1.807, 2.05) is 6.92 Å². The predicted molar refractivity (Wildman–Crippen MR) is 95.8 cm³/mol. The maximum atomic E-state index is 11.5. The van der Waals surface area contributed by atoms with E-state index in [0.717, 1.165) is 43.8 Å². The lowest BCUT2D eigenvalue weighted by atomic mass is 9.93. The normalized spacial score (nSPS) is 22.2. The molecule has 3 N–H and O–H groups in total. The first-order valence-electron chi connectivity index (χ1n) is 8.40. The van der Waals surface area contributed by atoms with Gasteiger partial charge in [0.25, 0.3) is 0 Å². The zero-order valence-electron chi connectivity index (χ0n) is 14.3. The molecule has 0 aromatic heterocycles. The van der Waals surface area contributed by atoms with E-state index in [0.29, 0.717) is 17.5 Å². The van der Waals surface area contributed by atoms with Gasteiger partial charge in [-0.25, -0.2) is 13.4 Å². The van der Waals surface area contributed by atoms with Crippen molar-refractivity contribution in [3.8, 4) is 0 Å². The quantitative estimate of drug-likeness (QED) is 0.550. The van der Waals surface area contributed by atoms with Crippen LogP contribution in [0.4, 0.5) is 0 Å². The second-order valence-electron chi connectivity index (χ2n) is 6.26. The van der Waals surface area contributed by atoms with Crippen molar-refractivity contribution in [2.24, 2.45) is 4.99 Å². The molecule has 7 heteroatoms. The molecule has 0 heterocycles. The van der Waals surface area contributed by atoms with Crippen LogP contribution >= 0.6 is 0 Å². The lowest BCUT2D eigenvalue weighted by Gasteiger charge is -2.27. The maximum absolute atomic E-state index is 11.5. The monoisotopic (exact) mass is 353 g/mol. The van der Waals surface area contributed by atoms with Gasteiger partial charge in [-0.3, -0.25) is 0 Å². The topological polar surface area (TPSA) is 90.8 Å². The minimum atomic E-state index is -3.16. The van der Waals surface area contributed by atoms with Crippen LogP contribution in [0.15, 0.2) is 34.2 Å². The molecule has 0 radical (unpaired) electrons. The van der Waals surface area contributed by atoms with Gasteiger partial charge in [-0.2, -0.15) is 0 Å². The zero-order valence-corrected chi connectivity index (χ0v) is 15.1. The number of aliphatic hydroxyl groups excluding tert-OH is 1. The molecule has 0 spiro atoms. The standard InChI is InChI=1S/C17H27N3O3S/c1-3-18-17(20-14-6-8-15(21)9-7-14)19-12-13-4-10-16(11-5-13)24(2,22)23/h4-5,10-11,14-15,21H,3,6-9,12H2,1-2H3,(H2,18,19,20). The first kappa shape index (κ1) is 18.7. The Labute approximate surface area is 144 Å². The van der Waals surface area contributed by atoms with E-state index in [4.69, 9.17) is 0 Å². The molecule has 0 aliphatic heterocycles. The molecule has 0 amide bonds. The molecule has 0 atom stereocenters. The Balaban J connectivity index is 1.97. The summed E-state index contributed by atoms with van der Waals surface area (Å²) in [6.07, 6.45) is 4.56. The third-order valence-corrected chi connectivity index (χ3v) is 5.28. The van der Waals surface area contributed by atoms with Crippen molar-refractivity contribution in [1.29, 1.82) is 0 Å². The first-order valence-corrected chi connectivity index (χ1v) is 10.3. The lowest BCUT2D eigenvalue weighted by molar-refractivity contribution is 0.120. The minimum absolute atomic E-state index is 0.170. The highest BCUT2D eigenvalue weighted by Crippen LogP contribution is 2.18. The van der Waals surface area contributed by atoms with Gasteiger partial charge in [-0.15, -0.1) is 0 Å². The fraction of sp³-hybridized carbons (Fsp3) is 0.588. The molecule has 1 aromatic rings. The number of rotatable bonds is 5. The summed E-state index contributed by atoms with van der Waals surface area (Å²) >= 11 is 0. The number of hydrogen-bond acceptors (Lipinski definition) is 4. The number of nitrogens with one attached hydrogen (secondary N) is 2. The van der Waals surface area contributed by atoms with Crippen LogP contribution in [0.25, 0.3) is 0 Å². The molecular weight excluding hydrogens is 326 g/mol. The van der Waals surface area contributed by atoms with E-state index in [1.165, 1.54) is 6.26 Å². The number of guanidine groups is 1. The molecule has 0 bridgehead atoms. The van der Waals surface area contributed by atoms with E-state index < -0.39 is 9.84 Å². The molecule has 0 saturated heterocycles. The minimum Gasteiger partial charge on any atom is -0.393 e. The number of aliphatic hydroxyl groups is 1. The lowest BCUT2D eigenvalue weighted by Crippen LogP contribution is -2.45. The molecule has 6 nitrogen and oxygen atoms in total. The third-order valence-electron chi connectivity index (χ3n) is 4.15. The summed E-state index contributed by atoms with van der Waals surface area (Å²) in [5.74, 6) is 0.756. The van der Waals surface area contributed by atoms with E-state index in [1.54, 1.807) is 24.3 Å². The Morgan fingerprint density at radius 3 is 2.38 bits per heavy atom. The summed E-state index contributed by atoms with van der Waals surface area (Å²) < 4.78 is 22.9. The van der Waals surface area contributed by atoms with Crippen molar-refractivity contribution in [2.45, 2.75) is 56.2 Å². The molecule has 1 saturated carbocycles. The fourth-order valence-electron chi connectivity index (χ4n) is 2.75. The Morgan fingerprint density at radius 2 is 1.83 bits per heavy atom. The number of benzene rings is 1. The summed E-state index contributed by atoms with van der Waals surface area (Å²) in [6, 6.07) is 7.14. The van der Waals surface area contributed by atoms with Crippen LogP contribution in [0, 0.1) is 0 Å². The average molecular weight is 353 g/mol. The van der Waals surface area contributed by atoms with Crippen molar-refractivity contribution in [1.82, 2.24) is 10.6 Å². The Bertz CT molecular complexity index is 648. The molecule has 1 fully saturated rings. The fourth-order valence-corrected chi connectivity index (χ4v) is 3.38. The molecule has 1 aliphatic carbocycles. The Kier molecular flexibility index (Phi) is 6.62. The molecule has 24 heavy (non-hydrogen) atoms. The highest BCUT2D eigenvalue weighted by atomic mass is 32.2. The van der Waals surface area contributed by atoms with E-state index >= 15 is 0 Å². The van der Waals surface area contributed by atoms with E-state index in [-0.39, 0.29) is 6.10 Å². The highest BCUT2D eigenvalue weighted by molar-refractivity contribution is 7.90. The molecule has 2 rings (SSSR count). The first-order chi connectivity index (χ1) is 11.4. The van der Waals surface area contributed by atoms with Gasteiger partial charge in [0, 0.05) is 18.8 Å². The van der Waals surface area contributed by atoms with Crippen LogP contribution in [0.1, 0.15) is 38.2 Å². The second-order valence-corrected chi connectivity index (χ2v) is 8.28. The third kappa shape index (κ3) is 5.79. The summed E-state index contributed by atoms with van der Waals surface area (Å²) in [5, 5.41) is 16.2. The largest absolute Gasteiger partial charge is 0.393 e.